The molecule has 2 aromatic heterocycles. The van der Waals surface area contributed by atoms with Crippen molar-refractivity contribution in [2.45, 2.75) is 11.4 Å². The molecule has 8 nitrogen and oxygen atoms in total. The van der Waals surface area contributed by atoms with Gasteiger partial charge in [-0.05, 0) is 24.3 Å². The van der Waals surface area contributed by atoms with Crippen molar-refractivity contribution < 1.29 is 17.9 Å². The van der Waals surface area contributed by atoms with E-state index < -0.39 is 10.0 Å². The van der Waals surface area contributed by atoms with Gasteiger partial charge in [-0.15, -0.1) is 0 Å². The van der Waals surface area contributed by atoms with Gasteiger partial charge in [-0.2, -0.15) is 0 Å². The first-order valence-corrected chi connectivity index (χ1v) is 9.67. The molecule has 0 fully saturated rings. The summed E-state index contributed by atoms with van der Waals surface area (Å²) >= 11 is 0. The van der Waals surface area contributed by atoms with Gasteiger partial charge in [0.1, 0.15) is 22.1 Å². The highest BCUT2D eigenvalue weighted by Gasteiger charge is 2.20. The molecule has 9 heteroatoms. The fraction of sp³-hybridized carbons (Fsp3) is 0.222. The fourth-order valence-electron chi connectivity index (χ4n) is 2.59. The second-order valence-corrected chi connectivity index (χ2v) is 7.31. The number of methoxy groups -OCH3 is 2. The molecule has 2 heterocycles. The van der Waals surface area contributed by atoms with E-state index in [2.05, 4.69) is 14.7 Å². The number of benzene rings is 1. The van der Waals surface area contributed by atoms with Crippen LogP contribution in [-0.4, -0.2) is 43.7 Å². The van der Waals surface area contributed by atoms with Gasteiger partial charge in [-0.1, -0.05) is 6.07 Å². The summed E-state index contributed by atoms with van der Waals surface area (Å²) in [5.74, 6) is 1.42. The molecule has 142 valence electrons. The number of aromatic nitrogens is 3. The quantitative estimate of drug-likeness (QED) is 0.634. The molecule has 27 heavy (non-hydrogen) atoms. The summed E-state index contributed by atoms with van der Waals surface area (Å²) in [6, 6.07) is 10.1. The number of rotatable bonds is 8. The molecular weight excluding hydrogens is 368 g/mol. The summed E-state index contributed by atoms with van der Waals surface area (Å²) in [5, 5.41) is 0. The third-order valence-corrected chi connectivity index (χ3v) is 5.42. The topological polar surface area (TPSA) is 95.3 Å². The van der Waals surface area contributed by atoms with E-state index in [9.17, 15) is 8.42 Å². The maximum absolute atomic E-state index is 12.6. The van der Waals surface area contributed by atoms with Gasteiger partial charge >= 0.3 is 0 Å². The summed E-state index contributed by atoms with van der Waals surface area (Å²) < 4.78 is 40.0. The Morgan fingerprint density at radius 3 is 2.63 bits per heavy atom. The lowest BCUT2D eigenvalue weighted by molar-refractivity contribution is 0.386. The van der Waals surface area contributed by atoms with Crippen molar-refractivity contribution in [3.05, 3.63) is 55.0 Å². The van der Waals surface area contributed by atoms with Crippen LogP contribution in [0.3, 0.4) is 0 Å². The van der Waals surface area contributed by atoms with E-state index in [4.69, 9.17) is 9.47 Å². The van der Waals surface area contributed by atoms with E-state index in [-0.39, 0.29) is 17.2 Å². The smallest absolute Gasteiger partial charge is 0.244 e. The lowest BCUT2D eigenvalue weighted by atomic mass is 10.3. The van der Waals surface area contributed by atoms with Gasteiger partial charge in [0.05, 0.1) is 14.2 Å². The van der Waals surface area contributed by atoms with E-state index in [1.165, 1.54) is 26.4 Å². The van der Waals surface area contributed by atoms with Crippen LogP contribution < -0.4 is 14.2 Å². The van der Waals surface area contributed by atoms with Crippen LogP contribution in [0, 0.1) is 0 Å². The number of imidazole rings is 1. The molecule has 3 rings (SSSR count). The highest BCUT2D eigenvalue weighted by atomic mass is 32.2. The van der Waals surface area contributed by atoms with Crippen molar-refractivity contribution >= 4 is 10.0 Å². The number of pyridine rings is 1. The lowest BCUT2D eigenvalue weighted by Crippen LogP contribution is -2.28. The van der Waals surface area contributed by atoms with Crippen molar-refractivity contribution in [1.82, 2.24) is 19.3 Å². The van der Waals surface area contributed by atoms with Gasteiger partial charge in [0, 0.05) is 37.7 Å². The van der Waals surface area contributed by atoms with Crippen LogP contribution in [-0.2, 0) is 16.6 Å². The minimum Gasteiger partial charge on any atom is -0.497 e. The van der Waals surface area contributed by atoms with Crippen LogP contribution in [0.2, 0.25) is 0 Å². The van der Waals surface area contributed by atoms with Crippen LogP contribution in [0.25, 0.3) is 11.5 Å². The lowest BCUT2D eigenvalue weighted by Gasteiger charge is -2.13. The second kappa shape index (κ2) is 8.19. The zero-order chi connectivity index (χ0) is 19.3. The van der Waals surface area contributed by atoms with Crippen molar-refractivity contribution in [1.29, 1.82) is 0 Å². The maximum atomic E-state index is 12.6. The number of nitrogens with one attached hydrogen (secondary N) is 1. The monoisotopic (exact) mass is 388 g/mol. The normalized spacial score (nSPS) is 11.3. The zero-order valence-corrected chi connectivity index (χ0v) is 15.8. The fourth-order valence-corrected chi connectivity index (χ4v) is 3.76. The molecule has 0 bridgehead atoms. The molecular formula is C18H20N4O4S. The van der Waals surface area contributed by atoms with Crippen molar-refractivity contribution in [3.63, 3.8) is 0 Å². The van der Waals surface area contributed by atoms with Gasteiger partial charge in [-0.25, -0.2) is 18.1 Å². The molecule has 1 N–H and O–H groups in total. The number of hydrogen-bond acceptors (Lipinski definition) is 6. The molecule has 0 atom stereocenters. The van der Waals surface area contributed by atoms with E-state index in [1.807, 2.05) is 22.8 Å². The highest BCUT2D eigenvalue weighted by molar-refractivity contribution is 7.89. The second-order valence-electron chi connectivity index (χ2n) is 5.57. The molecule has 3 aromatic rings. The molecule has 0 aliphatic rings. The van der Waals surface area contributed by atoms with Crippen LogP contribution in [0.5, 0.6) is 11.5 Å². The summed E-state index contributed by atoms with van der Waals surface area (Å²) in [6.07, 6.45) is 5.13. The first kappa shape index (κ1) is 18.9. The number of sulfonamides is 1. The molecule has 1 aromatic carbocycles. The summed E-state index contributed by atoms with van der Waals surface area (Å²) in [5.41, 5.74) is 0.724. The summed E-state index contributed by atoms with van der Waals surface area (Å²) in [4.78, 5) is 8.63. The van der Waals surface area contributed by atoms with E-state index in [0.717, 1.165) is 5.69 Å². The van der Waals surface area contributed by atoms with Gasteiger partial charge in [0.2, 0.25) is 10.0 Å². The van der Waals surface area contributed by atoms with Crippen molar-refractivity contribution in [3.8, 4) is 23.0 Å². The average Bonchev–Trinajstić information content (AvgIpc) is 3.16. The Bertz CT molecular complexity index is 1000. The molecule has 0 saturated heterocycles. The minimum absolute atomic E-state index is 0.0568. The Kier molecular flexibility index (Phi) is 5.72. The number of ether oxygens (including phenoxy) is 2. The van der Waals surface area contributed by atoms with Crippen molar-refractivity contribution in [2.24, 2.45) is 0 Å². The Morgan fingerprint density at radius 1 is 1.07 bits per heavy atom. The van der Waals surface area contributed by atoms with Crippen LogP contribution in [0.15, 0.2) is 59.9 Å². The highest BCUT2D eigenvalue weighted by Crippen LogP contribution is 2.28. The van der Waals surface area contributed by atoms with E-state index in [0.29, 0.717) is 18.1 Å². The Hall–Kier alpha value is -2.91. The Labute approximate surface area is 157 Å². The molecule has 0 radical (unpaired) electrons. The summed E-state index contributed by atoms with van der Waals surface area (Å²) in [7, 11) is -0.818. The third-order valence-electron chi connectivity index (χ3n) is 3.91. The van der Waals surface area contributed by atoms with Gasteiger partial charge < -0.3 is 14.0 Å². The van der Waals surface area contributed by atoms with Gasteiger partial charge in [0.15, 0.2) is 5.82 Å². The molecule has 0 unspecified atom stereocenters. The third kappa shape index (κ3) is 4.26. The van der Waals surface area contributed by atoms with Crippen molar-refractivity contribution in [2.75, 3.05) is 20.8 Å². The number of hydrogen-bond donors (Lipinski definition) is 1. The maximum Gasteiger partial charge on any atom is 0.244 e. The predicted molar refractivity (Wildman–Crippen MR) is 100 cm³/mol. The first-order chi connectivity index (χ1) is 13.0. The molecule has 0 amide bonds. The first-order valence-electron chi connectivity index (χ1n) is 8.19. The SMILES string of the molecule is COc1ccc(S(=O)(=O)NCCn2ccnc2-c2ccccn2)c(OC)c1. The summed E-state index contributed by atoms with van der Waals surface area (Å²) in [6.45, 7) is 0.595. The Morgan fingerprint density at radius 2 is 1.93 bits per heavy atom. The van der Waals surface area contributed by atoms with Gasteiger partial charge in [-0.3, -0.25) is 4.98 Å². The van der Waals surface area contributed by atoms with Crippen LogP contribution in [0.4, 0.5) is 0 Å². The average molecular weight is 388 g/mol. The Balaban J connectivity index is 1.72. The largest absolute Gasteiger partial charge is 0.497 e. The van der Waals surface area contributed by atoms with Crippen LogP contribution in [0.1, 0.15) is 0 Å². The molecule has 0 saturated carbocycles. The number of nitrogens with zero attached hydrogens (tertiary/aromatic N) is 3. The molecule has 0 aliphatic heterocycles. The van der Waals surface area contributed by atoms with E-state index in [1.54, 1.807) is 24.7 Å². The standard InChI is InChI=1S/C18H20N4O4S/c1-25-14-6-7-17(16(13-14)26-2)27(23,24)21-10-12-22-11-9-20-18(22)15-5-3-4-8-19-15/h3-9,11,13,21H,10,12H2,1-2H3. The zero-order valence-electron chi connectivity index (χ0n) is 15.0. The molecule has 0 spiro atoms. The predicted octanol–water partition coefficient (Wildman–Crippen LogP) is 1.94. The van der Waals surface area contributed by atoms with Gasteiger partial charge in [0.25, 0.3) is 0 Å². The minimum atomic E-state index is -3.74. The van der Waals surface area contributed by atoms with Crippen LogP contribution >= 0.6 is 0 Å². The van der Waals surface area contributed by atoms with E-state index >= 15 is 0 Å². The molecule has 0 aliphatic carbocycles.